The topological polar surface area (TPSA) is 46.6 Å². The molecule has 2 bridgehead atoms. The molecule has 0 radical (unpaired) electrons. The Kier molecular flexibility index (Phi) is 4.39. The van der Waals surface area contributed by atoms with Crippen molar-refractivity contribution in [2.45, 2.75) is 31.8 Å². The summed E-state index contributed by atoms with van der Waals surface area (Å²) in [6.45, 7) is 4.10. The van der Waals surface area contributed by atoms with Crippen LogP contribution < -0.4 is 0 Å². The van der Waals surface area contributed by atoms with Gasteiger partial charge in [0.1, 0.15) is 0 Å². The van der Waals surface area contributed by atoms with Crippen molar-refractivity contribution >= 4 is 11.9 Å². The molecule has 0 aromatic heterocycles. The van der Waals surface area contributed by atoms with Gasteiger partial charge in [-0.3, -0.25) is 4.79 Å². The van der Waals surface area contributed by atoms with Crippen molar-refractivity contribution in [3.63, 3.8) is 0 Å². The Morgan fingerprint density at radius 2 is 1.72 bits per heavy atom. The summed E-state index contributed by atoms with van der Waals surface area (Å²) in [5.41, 5.74) is -2.36. The van der Waals surface area contributed by atoms with Crippen LogP contribution in [-0.2, 0) is 4.74 Å². The molecule has 0 saturated heterocycles. The number of halogens is 2. The number of rotatable bonds is 5. The number of carbonyl (C=O) groups excluding carboxylic acids is 2. The number of benzene rings is 1. The van der Waals surface area contributed by atoms with Gasteiger partial charge < -0.3 is 9.64 Å². The zero-order valence-electron chi connectivity index (χ0n) is 14.2. The quantitative estimate of drug-likeness (QED) is 0.598. The minimum atomic E-state index is -3.44. The van der Waals surface area contributed by atoms with E-state index in [1.807, 2.05) is 0 Å². The van der Waals surface area contributed by atoms with Crippen LogP contribution >= 0.6 is 0 Å². The zero-order valence-corrected chi connectivity index (χ0v) is 14.2. The van der Waals surface area contributed by atoms with Crippen molar-refractivity contribution in [3.05, 3.63) is 48.0 Å². The number of hydrogen-bond acceptors (Lipinski definition) is 3. The van der Waals surface area contributed by atoms with Gasteiger partial charge in [0.05, 0.1) is 0 Å². The van der Waals surface area contributed by atoms with Crippen LogP contribution in [0.5, 0.6) is 0 Å². The predicted molar refractivity (Wildman–Crippen MR) is 88.6 cm³/mol. The summed E-state index contributed by atoms with van der Waals surface area (Å²) in [5.74, 6) is -6.19. The molecule has 3 rings (SSSR count). The number of alkyl halides is 2. The first-order valence-electron chi connectivity index (χ1n) is 8.52. The molecule has 2 aliphatic rings. The maximum atomic E-state index is 15.2. The Morgan fingerprint density at radius 3 is 2.24 bits per heavy atom. The van der Waals surface area contributed by atoms with E-state index in [1.54, 1.807) is 38.1 Å². The fourth-order valence-electron chi connectivity index (χ4n) is 3.79. The van der Waals surface area contributed by atoms with Gasteiger partial charge in [0.25, 0.3) is 0 Å². The fraction of sp³-hybridized carbons (Fsp3) is 0.474. The average molecular weight is 349 g/mol. The summed E-state index contributed by atoms with van der Waals surface area (Å²) in [7, 11) is 0. The van der Waals surface area contributed by atoms with Crippen molar-refractivity contribution in [2.24, 2.45) is 11.8 Å². The van der Waals surface area contributed by atoms with Crippen molar-refractivity contribution < 1.29 is 23.1 Å². The largest absolute Gasteiger partial charge is 0.427 e. The van der Waals surface area contributed by atoms with E-state index in [2.05, 4.69) is 0 Å². The van der Waals surface area contributed by atoms with E-state index in [0.29, 0.717) is 13.1 Å². The number of amides is 1. The molecule has 0 aliphatic heterocycles. The number of ether oxygens (including phenoxy) is 1. The number of nitrogens with zero attached hydrogens (tertiary/aromatic N) is 1. The third-order valence-corrected chi connectivity index (χ3v) is 5.21. The Balaban J connectivity index is 2.06. The van der Waals surface area contributed by atoms with E-state index in [1.165, 1.54) is 23.1 Å². The van der Waals surface area contributed by atoms with Gasteiger partial charge in [-0.25, -0.2) is 13.6 Å². The average Bonchev–Trinajstić information content (AvgIpc) is 3.17. The first-order valence-corrected chi connectivity index (χ1v) is 8.52. The van der Waals surface area contributed by atoms with Crippen LogP contribution in [0.1, 0.15) is 30.6 Å². The molecule has 6 heteroatoms. The number of fused-ring (bicyclic) bond motifs is 2. The highest BCUT2D eigenvalue weighted by Gasteiger charge is 2.75. The van der Waals surface area contributed by atoms with E-state index < -0.39 is 35.2 Å². The molecule has 1 fully saturated rings. The second-order valence-electron chi connectivity index (χ2n) is 6.43. The Labute approximate surface area is 145 Å². The standard InChI is InChI=1S/C19H21F2NO3/c1-3-22(4-2)17(24)25-18(16(23)13-8-6-5-7-9-13)14-10-11-15(12-14)19(18,20)21/h5-11,14-15H,3-4,12H2,1-2H3/t14-,15+,18+/m1/s1. The van der Waals surface area contributed by atoms with E-state index in [0.717, 1.165) is 0 Å². The lowest BCUT2D eigenvalue weighted by molar-refractivity contribution is -0.164. The molecule has 1 aromatic rings. The SMILES string of the molecule is CCN(CC)C(=O)O[C@]1(C(=O)c2ccccc2)[C@@H]2C=C[C@@H](C2)C1(F)F. The summed E-state index contributed by atoms with van der Waals surface area (Å²) < 4.78 is 35.7. The minimum absolute atomic E-state index is 0.108. The van der Waals surface area contributed by atoms with Crippen LogP contribution in [0.4, 0.5) is 13.6 Å². The van der Waals surface area contributed by atoms with Gasteiger partial charge in [-0.05, 0) is 20.3 Å². The highest BCUT2D eigenvalue weighted by molar-refractivity contribution is 6.05. The Hall–Kier alpha value is -2.24. The molecule has 3 atom stereocenters. The molecule has 0 heterocycles. The first kappa shape index (κ1) is 17.6. The third-order valence-electron chi connectivity index (χ3n) is 5.21. The summed E-state index contributed by atoms with van der Waals surface area (Å²) in [6, 6.07) is 7.86. The molecule has 0 N–H and O–H groups in total. The smallest absolute Gasteiger partial charge is 0.410 e. The minimum Gasteiger partial charge on any atom is -0.427 e. The van der Waals surface area contributed by atoms with E-state index in [4.69, 9.17) is 4.74 Å². The zero-order chi connectivity index (χ0) is 18.2. The van der Waals surface area contributed by atoms with Crippen LogP contribution in [-0.4, -0.2) is 41.4 Å². The van der Waals surface area contributed by atoms with Crippen LogP contribution in [0.25, 0.3) is 0 Å². The predicted octanol–water partition coefficient (Wildman–Crippen LogP) is 3.93. The van der Waals surface area contributed by atoms with Crippen LogP contribution in [0.2, 0.25) is 0 Å². The number of hydrogen-bond donors (Lipinski definition) is 0. The van der Waals surface area contributed by atoms with Crippen LogP contribution in [0, 0.1) is 11.8 Å². The summed E-state index contributed by atoms with van der Waals surface area (Å²) in [6.07, 6.45) is 2.23. The van der Waals surface area contributed by atoms with E-state index in [-0.39, 0.29) is 12.0 Å². The van der Waals surface area contributed by atoms with Crippen molar-refractivity contribution in [1.29, 1.82) is 0 Å². The summed E-state index contributed by atoms with van der Waals surface area (Å²) in [4.78, 5) is 26.9. The van der Waals surface area contributed by atoms with E-state index >= 15 is 8.78 Å². The van der Waals surface area contributed by atoms with Gasteiger partial charge in [0.15, 0.2) is 0 Å². The lowest BCUT2D eigenvalue weighted by Gasteiger charge is -2.40. The first-order chi connectivity index (χ1) is 11.9. The van der Waals surface area contributed by atoms with E-state index in [9.17, 15) is 9.59 Å². The molecule has 4 nitrogen and oxygen atoms in total. The molecule has 2 aliphatic carbocycles. The monoisotopic (exact) mass is 349 g/mol. The van der Waals surface area contributed by atoms with Crippen molar-refractivity contribution in [2.75, 3.05) is 13.1 Å². The van der Waals surface area contributed by atoms with Gasteiger partial charge >= 0.3 is 12.0 Å². The number of carbonyl (C=O) groups is 2. The Bertz CT molecular complexity index is 700. The molecule has 0 unspecified atom stereocenters. The van der Waals surface area contributed by atoms with Crippen LogP contribution in [0.15, 0.2) is 42.5 Å². The lowest BCUT2D eigenvalue weighted by atomic mass is 9.78. The summed E-state index contributed by atoms with van der Waals surface area (Å²) in [5, 5.41) is 0. The molecular formula is C19H21F2NO3. The van der Waals surface area contributed by atoms with Gasteiger partial charge in [-0.2, -0.15) is 0 Å². The highest BCUT2D eigenvalue weighted by atomic mass is 19.3. The van der Waals surface area contributed by atoms with Gasteiger partial charge in [0, 0.05) is 30.5 Å². The second-order valence-corrected chi connectivity index (χ2v) is 6.43. The molecule has 134 valence electrons. The number of Topliss-reactive ketones (excluding diaryl/α,β-unsaturated/α-hetero) is 1. The second kappa shape index (κ2) is 6.24. The van der Waals surface area contributed by atoms with Gasteiger partial charge in [0.2, 0.25) is 11.4 Å². The van der Waals surface area contributed by atoms with Crippen molar-refractivity contribution in [3.8, 4) is 0 Å². The van der Waals surface area contributed by atoms with Gasteiger partial charge in [-0.15, -0.1) is 0 Å². The molecule has 1 aromatic carbocycles. The molecule has 1 saturated carbocycles. The lowest BCUT2D eigenvalue weighted by Crippen LogP contribution is -2.61. The van der Waals surface area contributed by atoms with Crippen molar-refractivity contribution in [1.82, 2.24) is 4.90 Å². The maximum Gasteiger partial charge on any atom is 0.410 e. The number of allylic oxidation sites excluding steroid dienone is 1. The summed E-state index contributed by atoms with van der Waals surface area (Å²) >= 11 is 0. The normalized spacial score (nSPS) is 28.8. The van der Waals surface area contributed by atoms with Crippen LogP contribution in [0.3, 0.4) is 0 Å². The number of ketones is 1. The third kappa shape index (κ3) is 2.46. The van der Waals surface area contributed by atoms with Gasteiger partial charge in [-0.1, -0.05) is 42.5 Å². The maximum absolute atomic E-state index is 15.2. The molecule has 1 amide bonds. The molecular weight excluding hydrogens is 328 g/mol. The molecule has 25 heavy (non-hydrogen) atoms. The molecule has 0 spiro atoms. The fourth-order valence-corrected chi connectivity index (χ4v) is 3.79. The Morgan fingerprint density at radius 1 is 1.12 bits per heavy atom. The highest BCUT2D eigenvalue weighted by Crippen LogP contribution is 2.59.